The van der Waals surface area contributed by atoms with Gasteiger partial charge in [-0.05, 0) is 36.6 Å². The third-order valence-electron chi connectivity index (χ3n) is 5.14. The molecule has 2 heterocycles. The number of benzene rings is 1. The standard InChI is InChI=1S/C20H23BrN6.HI/c1-22-19(23-12-9-18-26-25-17-8-4-5-13-27(17)18)24-14-20(10-11-20)15-6-2-3-7-16(15)21;/h2-8,13H,9-12,14H2,1H3,(H2,22,23,24);1H. The summed E-state index contributed by atoms with van der Waals surface area (Å²) >= 11 is 3.69. The van der Waals surface area contributed by atoms with Crippen molar-refractivity contribution in [3.8, 4) is 0 Å². The molecule has 0 amide bonds. The molecule has 1 aromatic carbocycles. The fourth-order valence-corrected chi connectivity index (χ4v) is 4.12. The van der Waals surface area contributed by atoms with Crippen molar-refractivity contribution < 1.29 is 0 Å². The fraction of sp³-hybridized carbons (Fsp3) is 0.350. The fourth-order valence-electron chi connectivity index (χ4n) is 3.41. The Hall–Kier alpha value is -1.68. The van der Waals surface area contributed by atoms with Gasteiger partial charge in [0.25, 0.3) is 0 Å². The highest BCUT2D eigenvalue weighted by Crippen LogP contribution is 2.49. The zero-order valence-electron chi connectivity index (χ0n) is 15.7. The summed E-state index contributed by atoms with van der Waals surface area (Å²) in [5, 5.41) is 15.3. The van der Waals surface area contributed by atoms with Gasteiger partial charge in [0.1, 0.15) is 5.82 Å². The van der Waals surface area contributed by atoms with Crippen molar-refractivity contribution in [2.45, 2.75) is 24.7 Å². The molecule has 2 aromatic heterocycles. The second-order valence-corrected chi connectivity index (χ2v) is 7.76. The largest absolute Gasteiger partial charge is 0.356 e. The summed E-state index contributed by atoms with van der Waals surface area (Å²) in [4.78, 5) is 4.36. The number of hydrogen-bond acceptors (Lipinski definition) is 3. The molecular weight excluding hydrogens is 531 g/mol. The van der Waals surface area contributed by atoms with Gasteiger partial charge >= 0.3 is 0 Å². The topological polar surface area (TPSA) is 66.6 Å². The van der Waals surface area contributed by atoms with E-state index >= 15 is 0 Å². The second kappa shape index (κ2) is 9.21. The van der Waals surface area contributed by atoms with E-state index in [1.807, 2.05) is 28.8 Å². The summed E-state index contributed by atoms with van der Waals surface area (Å²) in [5.41, 5.74) is 2.46. The summed E-state index contributed by atoms with van der Waals surface area (Å²) in [6.07, 6.45) is 5.17. The maximum Gasteiger partial charge on any atom is 0.191 e. The number of nitrogens with one attached hydrogen (secondary N) is 2. The van der Waals surface area contributed by atoms with E-state index in [1.165, 1.54) is 22.9 Å². The molecule has 0 unspecified atom stereocenters. The van der Waals surface area contributed by atoms with Crippen LogP contribution in [0.2, 0.25) is 0 Å². The van der Waals surface area contributed by atoms with Crippen molar-refractivity contribution in [1.29, 1.82) is 0 Å². The average molecular weight is 555 g/mol. The Kier molecular flexibility index (Phi) is 6.92. The van der Waals surface area contributed by atoms with Crippen LogP contribution in [0.4, 0.5) is 0 Å². The van der Waals surface area contributed by atoms with Crippen molar-refractivity contribution in [2.24, 2.45) is 4.99 Å². The SMILES string of the molecule is CN=C(NCCc1nnc2ccccn12)NCC1(c2ccccc2Br)CC1.I. The predicted octanol–water partition coefficient (Wildman–Crippen LogP) is 3.55. The van der Waals surface area contributed by atoms with E-state index in [0.29, 0.717) is 0 Å². The van der Waals surface area contributed by atoms with Crippen LogP contribution in [0.15, 0.2) is 58.1 Å². The molecule has 0 radical (unpaired) electrons. The maximum atomic E-state index is 4.36. The van der Waals surface area contributed by atoms with Gasteiger partial charge in [0, 0.05) is 42.6 Å². The van der Waals surface area contributed by atoms with Crippen LogP contribution in [0.1, 0.15) is 24.2 Å². The molecule has 0 bridgehead atoms. The second-order valence-electron chi connectivity index (χ2n) is 6.91. The molecule has 1 aliphatic rings. The van der Waals surface area contributed by atoms with Gasteiger partial charge in [0.15, 0.2) is 11.6 Å². The quantitative estimate of drug-likeness (QED) is 0.278. The molecule has 4 rings (SSSR count). The van der Waals surface area contributed by atoms with Crippen LogP contribution in [-0.2, 0) is 11.8 Å². The third-order valence-corrected chi connectivity index (χ3v) is 5.83. The lowest BCUT2D eigenvalue weighted by molar-refractivity contribution is 0.641. The van der Waals surface area contributed by atoms with Crippen LogP contribution >= 0.6 is 39.9 Å². The number of aliphatic imine (C=N–C) groups is 1. The number of rotatable bonds is 6. The minimum absolute atomic E-state index is 0. The molecule has 0 aliphatic heterocycles. The normalized spacial score (nSPS) is 15.1. The lowest BCUT2D eigenvalue weighted by Crippen LogP contribution is -2.42. The van der Waals surface area contributed by atoms with Crippen molar-refractivity contribution >= 4 is 51.5 Å². The number of nitrogens with zero attached hydrogens (tertiary/aromatic N) is 4. The average Bonchev–Trinajstić information content (AvgIpc) is 3.38. The van der Waals surface area contributed by atoms with Crippen LogP contribution in [0, 0.1) is 0 Å². The zero-order chi connectivity index (χ0) is 18.7. The highest BCUT2D eigenvalue weighted by Gasteiger charge is 2.45. The molecule has 0 atom stereocenters. The Morgan fingerprint density at radius 1 is 1.14 bits per heavy atom. The molecule has 1 saturated carbocycles. The van der Waals surface area contributed by atoms with Gasteiger partial charge in [-0.25, -0.2) is 0 Å². The molecular formula is C20H24BrIN6. The van der Waals surface area contributed by atoms with Gasteiger partial charge in [-0.1, -0.05) is 40.2 Å². The first kappa shape index (κ1) is 21.0. The van der Waals surface area contributed by atoms with E-state index in [4.69, 9.17) is 0 Å². The summed E-state index contributed by atoms with van der Waals surface area (Å²) in [7, 11) is 1.81. The third kappa shape index (κ3) is 4.48. The van der Waals surface area contributed by atoms with Crippen LogP contribution in [0.3, 0.4) is 0 Å². The monoisotopic (exact) mass is 554 g/mol. The smallest absolute Gasteiger partial charge is 0.191 e. The van der Waals surface area contributed by atoms with E-state index in [2.05, 4.69) is 66.0 Å². The molecule has 28 heavy (non-hydrogen) atoms. The Bertz CT molecular complexity index is 966. The van der Waals surface area contributed by atoms with Gasteiger partial charge in [0.05, 0.1) is 0 Å². The summed E-state index contributed by atoms with van der Waals surface area (Å²) in [6.45, 7) is 1.63. The maximum absolute atomic E-state index is 4.36. The molecule has 6 nitrogen and oxygen atoms in total. The van der Waals surface area contributed by atoms with E-state index < -0.39 is 0 Å². The molecule has 148 valence electrons. The molecule has 2 N–H and O–H groups in total. The molecule has 8 heteroatoms. The highest BCUT2D eigenvalue weighted by atomic mass is 127. The van der Waals surface area contributed by atoms with E-state index in [1.54, 1.807) is 7.05 Å². The first-order valence-electron chi connectivity index (χ1n) is 9.20. The Morgan fingerprint density at radius 2 is 1.93 bits per heavy atom. The van der Waals surface area contributed by atoms with E-state index in [-0.39, 0.29) is 29.4 Å². The van der Waals surface area contributed by atoms with Crippen LogP contribution in [0.5, 0.6) is 0 Å². The van der Waals surface area contributed by atoms with Crippen molar-refractivity contribution in [3.63, 3.8) is 0 Å². The minimum Gasteiger partial charge on any atom is -0.356 e. The number of fused-ring (bicyclic) bond motifs is 1. The van der Waals surface area contributed by atoms with Crippen molar-refractivity contribution in [3.05, 3.63) is 64.5 Å². The molecule has 1 fully saturated rings. The zero-order valence-corrected chi connectivity index (χ0v) is 19.6. The van der Waals surface area contributed by atoms with Gasteiger partial charge in [-0.2, -0.15) is 0 Å². The molecule has 0 saturated heterocycles. The lowest BCUT2D eigenvalue weighted by atomic mass is 9.96. The molecule has 3 aromatic rings. The first-order valence-corrected chi connectivity index (χ1v) is 9.99. The minimum atomic E-state index is 0. The lowest BCUT2D eigenvalue weighted by Gasteiger charge is -2.20. The Labute approximate surface area is 190 Å². The van der Waals surface area contributed by atoms with E-state index in [9.17, 15) is 0 Å². The van der Waals surface area contributed by atoms with Gasteiger partial charge in [0.2, 0.25) is 0 Å². The van der Waals surface area contributed by atoms with Crippen LogP contribution in [-0.4, -0.2) is 40.7 Å². The van der Waals surface area contributed by atoms with Gasteiger partial charge < -0.3 is 10.6 Å². The molecule has 1 aliphatic carbocycles. The first-order chi connectivity index (χ1) is 13.2. The van der Waals surface area contributed by atoms with Crippen molar-refractivity contribution in [2.75, 3.05) is 20.1 Å². The summed E-state index contributed by atoms with van der Waals surface area (Å²) < 4.78 is 3.20. The Balaban J connectivity index is 0.00000225. The number of hydrogen-bond donors (Lipinski definition) is 2. The van der Waals surface area contributed by atoms with Gasteiger partial charge in [-0.15, -0.1) is 34.2 Å². The highest BCUT2D eigenvalue weighted by molar-refractivity contribution is 14.0. The van der Waals surface area contributed by atoms with Gasteiger partial charge in [-0.3, -0.25) is 9.39 Å². The number of aromatic nitrogens is 3. The van der Waals surface area contributed by atoms with Crippen LogP contribution in [0.25, 0.3) is 5.65 Å². The number of halogens is 2. The predicted molar refractivity (Wildman–Crippen MR) is 127 cm³/mol. The number of guanidine groups is 1. The summed E-state index contributed by atoms with van der Waals surface area (Å²) in [6, 6.07) is 14.4. The Morgan fingerprint density at radius 3 is 2.68 bits per heavy atom. The molecule has 0 spiro atoms. The number of pyridine rings is 1. The summed E-state index contributed by atoms with van der Waals surface area (Å²) in [5.74, 6) is 1.77. The van der Waals surface area contributed by atoms with Crippen LogP contribution < -0.4 is 10.6 Å². The van der Waals surface area contributed by atoms with Crippen molar-refractivity contribution in [1.82, 2.24) is 25.2 Å². The van der Waals surface area contributed by atoms with E-state index in [0.717, 1.165) is 36.9 Å².